The van der Waals surface area contributed by atoms with E-state index in [1.165, 1.54) is 18.2 Å². The first kappa shape index (κ1) is 26.9. The Bertz CT molecular complexity index is 1550. The van der Waals surface area contributed by atoms with Gasteiger partial charge in [-0.25, -0.2) is 8.78 Å². The lowest BCUT2D eigenvalue weighted by molar-refractivity contribution is -0.120. The molecule has 4 aromatic rings. The zero-order chi connectivity index (χ0) is 27.2. The van der Waals surface area contributed by atoms with Gasteiger partial charge in [0.2, 0.25) is 11.5 Å². The summed E-state index contributed by atoms with van der Waals surface area (Å²) in [5.74, 6) is -1.80. The van der Waals surface area contributed by atoms with E-state index in [0.717, 1.165) is 11.6 Å². The number of benzene rings is 2. The molecule has 0 aliphatic heterocycles. The first-order valence-electron chi connectivity index (χ1n) is 12.0. The Balaban J connectivity index is 1.70. The van der Waals surface area contributed by atoms with Gasteiger partial charge in [-0.05, 0) is 49.2 Å². The van der Waals surface area contributed by atoms with E-state index < -0.39 is 17.7 Å². The van der Waals surface area contributed by atoms with E-state index in [0.29, 0.717) is 45.2 Å². The highest BCUT2D eigenvalue weighted by Gasteiger charge is 2.25. The number of H-pyrrole nitrogens is 2. The maximum atomic E-state index is 14.0. The predicted molar refractivity (Wildman–Crippen MR) is 147 cm³/mol. The number of amides is 1. The minimum Gasteiger partial charge on any atom is -0.360 e. The molecular weight excluding hydrogens is 512 g/mol. The molecule has 0 aliphatic rings. The van der Waals surface area contributed by atoms with Gasteiger partial charge in [-0.15, -0.1) is 0 Å². The molecule has 10 heteroatoms. The van der Waals surface area contributed by atoms with E-state index in [1.807, 2.05) is 6.92 Å². The van der Waals surface area contributed by atoms with Crippen molar-refractivity contribution in [2.75, 3.05) is 13.6 Å². The van der Waals surface area contributed by atoms with Crippen LogP contribution < -0.4 is 10.9 Å². The molecular formula is C28H26ClF2N5O2. The maximum absolute atomic E-state index is 14.0. The molecule has 7 nitrogen and oxygen atoms in total. The number of aromatic amines is 2. The molecule has 1 atom stereocenters. The number of aliphatic imine (C=N–C) groups is 2. The Kier molecular flexibility index (Phi) is 8.48. The van der Waals surface area contributed by atoms with Crippen LogP contribution in [-0.2, 0) is 17.6 Å². The third-order valence-corrected chi connectivity index (χ3v) is 6.18. The average Bonchev–Trinajstić information content (AvgIpc) is 3.25. The fraction of sp³-hybridized carbons (Fsp3) is 0.214. The molecule has 0 fully saturated rings. The van der Waals surface area contributed by atoms with Gasteiger partial charge in [0.15, 0.2) is 0 Å². The van der Waals surface area contributed by atoms with E-state index in [9.17, 15) is 18.4 Å². The van der Waals surface area contributed by atoms with E-state index in [1.54, 1.807) is 43.6 Å². The molecule has 2 heterocycles. The fourth-order valence-corrected chi connectivity index (χ4v) is 4.47. The predicted octanol–water partition coefficient (Wildman–Crippen LogP) is 4.64. The molecule has 0 radical (unpaired) electrons. The molecule has 0 spiro atoms. The van der Waals surface area contributed by atoms with Crippen molar-refractivity contribution in [2.45, 2.75) is 25.8 Å². The fourth-order valence-electron chi connectivity index (χ4n) is 4.34. The monoisotopic (exact) mass is 537 g/mol. The lowest BCUT2D eigenvalue weighted by atomic mass is 9.94. The number of hydrogen-bond donors (Lipinski definition) is 3. The van der Waals surface area contributed by atoms with Crippen molar-refractivity contribution in [3.05, 3.63) is 104 Å². The zero-order valence-corrected chi connectivity index (χ0v) is 21.6. The first-order valence-corrected chi connectivity index (χ1v) is 12.4. The Morgan fingerprint density at radius 3 is 2.45 bits per heavy atom. The molecule has 1 unspecified atom stereocenters. The molecule has 196 valence electrons. The second-order valence-corrected chi connectivity index (χ2v) is 9.08. The Morgan fingerprint density at radius 2 is 1.79 bits per heavy atom. The second-order valence-electron chi connectivity index (χ2n) is 8.64. The molecule has 3 N–H and O–H groups in total. The van der Waals surface area contributed by atoms with Gasteiger partial charge in [0.1, 0.15) is 11.6 Å². The van der Waals surface area contributed by atoms with E-state index in [4.69, 9.17) is 11.6 Å². The summed E-state index contributed by atoms with van der Waals surface area (Å²) in [6.07, 6.45) is 1.67. The first-order chi connectivity index (χ1) is 18.3. The van der Waals surface area contributed by atoms with E-state index in [-0.39, 0.29) is 24.3 Å². The maximum Gasteiger partial charge on any atom is 0.248 e. The van der Waals surface area contributed by atoms with E-state index >= 15 is 0 Å². The molecule has 0 bridgehead atoms. The highest BCUT2D eigenvalue weighted by atomic mass is 35.5. The topological polar surface area (TPSA) is 102 Å². The number of halogens is 3. The SMILES string of the molecule is CCN=C(C(=NC)c1ccc(Cl)cc1)C(Cc1cc(F)cc(F)c1)NC(=O)Cc1c[nH]c2ccc(=O)[nH]c12. The van der Waals surface area contributed by atoms with Gasteiger partial charge < -0.3 is 15.3 Å². The number of aromatic nitrogens is 2. The van der Waals surface area contributed by atoms with Crippen LogP contribution in [0, 0.1) is 11.6 Å². The van der Waals surface area contributed by atoms with Crippen molar-refractivity contribution >= 4 is 40.0 Å². The number of pyridine rings is 1. The largest absolute Gasteiger partial charge is 0.360 e. The van der Waals surface area contributed by atoms with Crippen LogP contribution in [0.3, 0.4) is 0 Å². The van der Waals surface area contributed by atoms with Crippen molar-refractivity contribution in [1.82, 2.24) is 15.3 Å². The summed E-state index contributed by atoms with van der Waals surface area (Å²) in [6, 6.07) is 12.5. The van der Waals surface area contributed by atoms with Crippen molar-refractivity contribution in [1.29, 1.82) is 0 Å². The summed E-state index contributed by atoms with van der Waals surface area (Å²) in [5, 5.41) is 3.53. The lowest BCUT2D eigenvalue weighted by Crippen LogP contribution is -2.46. The van der Waals surface area contributed by atoms with Crippen LogP contribution in [-0.4, -0.2) is 46.9 Å². The number of nitrogens with one attached hydrogen (secondary N) is 3. The molecule has 2 aromatic carbocycles. The van der Waals surface area contributed by atoms with Crippen LogP contribution in [0.4, 0.5) is 8.78 Å². The van der Waals surface area contributed by atoms with Gasteiger partial charge >= 0.3 is 0 Å². The molecule has 1 amide bonds. The zero-order valence-electron chi connectivity index (χ0n) is 20.8. The Hall–Kier alpha value is -4.11. The van der Waals surface area contributed by atoms with Crippen molar-refractivity contribution in [3.8, 4) is 0 Å². The molecule has 4 rings (SSSR count). The summed E-state index contributed by atoms with van der Waals surface area (Å²) in [5.41, 5.74) is 3.59. The van der Waals surface area contributed by atoms with Crippen molar-refractivity contribution < 1.29 is 13.6 Å². The van der Waals surface area contributed by atoms with Crippen LogP contribution >= 0.6 is 11.6 Å². The second kappa shape index (κ2) is 12.0. The normalized spacial score (nSPS) is 13.1. The molecule has 2 aromatic heterocycles. The number of rotatable bonds is 9. The van der Waals surface area contributed by atoms with Gasteiger partial charge in [-0.3, -0.25) is 19.6 Å². The molecule has 0 aliphatic carbocycles. The number of carbonyl (C=O) groups excluding carboxylic acids is 1. The van der Waals surface area contributed by atoms with Gasteiger partial charge in [0, 0.05) is 48.1 Å². The third-order valence-electron chi connectivity index (χ3n) is 5.93. The molecule has 0 saturated heterocycles. The van der Waals surface area contributed by atoms with Crippen molar-refractivity contribution in [2.24, 2.45) is 9.98 Å². The summed E-state index contributed by atoms with van der Waals surface area (Å²) in [6.45, 7) is 2.23. The van der Waals surface area contributed by atoms with Crippen LogP contribution in [0.5, 0.6) is 0 Å². The Labute approximate surface area is 222 Å². The number of carbonyl (C=O) groups is 1. The average molecular weight is 538 g/mol. The van der Waals surface area contributed by atoms with Gasteiger partial charge in [-0.2, -0.15) is 0 Å². The number of fused-ring (bicyclic) bond motifs is 1. The number of hydrogen-bond acceptors (Lipinski definition) is 4. The molecule has 38 heavy (non-hydrogen) atoms. The summed E-state index contributed by atoms with van der Waals surface area (Å²) in [4.78, 5) is 40.0. The highest BCUT2D eigenvalue weighted by Crippen LogP contribution is 2.17. The summed E-state index contributed by atoms with van der Waals surface area (Å²) >= 11 is 6.06. The van der Waals surface area contributed by atoms with Crippen LogP contribution in [0.25, 0.3) is 11.0 Å². The summed E-state index contributed by atoms with van der Waals surface area (Å²) in [7, 11) is 1.61. The van der Waals surface area contributed by atoms with Gasteiger partial charge in [0.25, 0.3) is 0 Å². The molecule has 0 saturated carbocycles. The standard InChI is InChI=1S/C28H26ClF2N5O2/c1-3-33-28(27(32-2)17-4-6-19(29)7-5-17)23(12-16-10-20(30)14-21(31)11-16)35-25(38)13-18-15-34-22-8-9-24(37)36-26(18)22/h4-11,14-15,23,34H,3,12-13H2,1-2H3,(H,35,38)(H,36,37). The highest BCUT2D eigenvalue weighted by molar-refractivity contribution is 6.50. The van der Waals surface area contributed by atoms with Gasteiger partial charge in [0.05, 0.1) is 34.9 Å². The number of nitrogens with zero attached hydrogens (tertiary/aromatic N) is 2. The quantitative estimate of drug-likeness (QED) is 0.271. The van der Waals surface area contributed by atoms with Crippen LogP contribution in [0.15, 0.2) is 75.6 Å². The minimum atomic E-state index is -0.762. The smallest absolute Gasteiger partial charge is 0.248 e. The van der Waals surface area contributed by atoms with Crippen molar-refractivity contribution in [3.63, 3.8) is 0 Å². The third kappa shape index (κ3) is 6.41. The van der Waals surface area contributed by atoms with Gasteiger partial charge in [-0.1, -0.05) is 23.7 Å². The van der Waals surface area contributed by atoms with Crippen LogP contribution in [0.2, 0.25) is 5.02 Å². The summed E-state index contributed by atoms with van der Waals surface area (Å²) < 4.78 is 28.0. The Morgan fingerprint density at radius 1 is 1.08 bits per heavy atom. The van der Waals surface area contributed by atoms with Crippen LogP contribution in [0.1, 0.15) is 23.6 Å². The van der Waals surface area contributed by atoms with E-state index in [2.05, 4.69) is 25.3 Å². The lowest BCUT2D eigenvalue weighted by Gasteiger charge is -2.23. The minimum absolute atomic E-state index is 0.0487.